The Kier molecular flexibility index (Phi) is 8.19. The first-order valence-corrected chi connectivity index (χ1v) is 9.04. The molecule has 0 aromatic heterocycles. The maximum absolute atomic E-state index is 4.68. The van der Waals surface area contributed by atoms with Gasteiger partial charge in [0.05, 0.1) is 0 Å². The SMILES string of the molecule is CSCCCCCN=C1NC(C(C)C)CCS1. The molecule has 0 amide bonds. The van der Waals surface area contributed by atoms with Crippen molar-refractivity contribution in [1.82, 2.24) is 5.32 Å². The van der Waals surface area contributed by atoms with Gasteiger partial charge in [0.25, 0.3) is 0 Å². The van der Waals surface area contributed by atoms with E-state index in [1.807, 2.05) is 23.5 Å². The summed E-state index contributed by atoms with van der Waals surface area (Å²) in [4.78, 5) is 4.68. The lowest BCUT2D eigenvalue weighted by molar-refractivity contribution is 0.442. The van der Waals surface area contributed by atoms with Crippen molar-refractivity contribution in [3.05, 3.63) is 0 Å². The Morgan fingerprint density at radius 3 is 2.94 bits per heavy atom. The first-order valence-electron chi connectivity index (χ1n) is 6.66. The summed E-state index contributed by atoms with van der Waals surface area (Å²) in [7, 11) is 0. The molecule has 0 radical (unpaired) electrons. The first-order chi connectivity index (χ1) is 8.24. The predicted octanol–water partition coefficient (Wildman–Crippen LogP) is 3.63. The van der Waals surface area contributed by atoms with Crippen LogP contribution in [0.25, 0.3) is 0 Å². The number of hydrogen-bond acceptors (Lipinski definition) is 3. The van der Waals surface area contributed by atoms with Crippen LogP contribution in [0.1, 0.15) is 39.5 Å². The zero-order valence-corrected chi connectivity index (χ0v) is 13.0. The summed E-state index contributed by atoms with van der Waals surface area (Å²) in [5, 5.41) is 4.74. The fourth-order valence-electron chi connectivity index (χ4n) is 1.86. The van der Waals surface area contributed by atoms with Crippen molar-refractivity contribution in [1.29, 1.82) is 0 Å². The van der Waals surface area contributed by atoms with Crippen LogP contribution in [0, 0.1) is 5.92 Å². The minimum absolute atomic E-state index is 0.631. The molecular weight excluding hydrogens is 248 g/mol. The molecule has 100 valence electrons. The fourth-order valence-corrected chi connectivity index (χ4v) is 3.34. The Bertz CT molecular complexity index is 229. The lowest BCUT2D eigenvalue weighted by Gasteiger charge is -2.28. The van der Waals surface area contributed by atoms with Crippen molar-refractivity contribution in [3.8, 4) is 0 Å². The van der Waals surface area contributed by atoms with Gasteiger partial charge < -0.3 is 5.32 Å². The Balaban J connectivity index is 2.15. The van der Waals surface area contributed by atoms with Crippen LogP contribution in [-0.2, 0) is 0 Å². The molecule has 1 atom stereocenters. The zero-order chi connectivity index (χ0) is 12.5. The number of unbranched alkanes of at least 4 members (excludes halogenated alkanes) is 2. The quantitative estimate of drug-likeness (QED) is 0.718. The third-order valence-corrected chi connectivity index (χ3v) is 4.70. The molecule has 0 aromatic rings. The number of nitrogens with one attached hydrogen (secondary N) is 1. The number of aliphatic imine (C=N–C) groups is 1. The van der Waals surface area contributed by atoms with Crippen LogP contribution in [0.4, 0.5) is 0 Å². The van der Waals surface area contributed by atoms with Crippen LogP contribution in [0.15, 0.2) is 4.99 Å². The standard InChI is InChI=1S/C13H26N2S2/c1-11(2)12-7-10-17-13(15-12)14-8-5-4-6-9-16-3/h11-12H,4-10H2,1-3H3,(H,14,15). The highest BCUT2D eigenvalue weighted by atomic mass is 32.2. The van der Waals surface area contributed by atoms with Gasteiger partial charge in [0.15, 0.2) is 5.17 Å². The largest absolute Gasteiger partial charge is 0.362 e. The molecule has 1 fully saturated rings. The van der Waals surface area contributed by atoms with Crippen LogP contribution >= 0.6 is 23.5 Å². The van der Waals surface area contributed by atoms with E-state index in [0.717, 1.165) is 6.54 Å². The molecule has 0 spiro atoms. The smallest absolute Gasteiger partial charge is 0.156 e. The van der Waals surface area contributed by atoms with E-state index in [1.165, 1.54) is 42.4 Å². The second kappa shape index (κ2) is 9.15. The summed E-state index contributed by atoms with van der Waals surface area (Å²) in [5.74, 6) is 3.22. The number of nitrogens with zero attached hydrogens (tertiary/aromatic N) is 1. The van der Waals surface area contributed by atoms with Gasteiger partial charge in [-0.25, -0.2) is 0 Å². The van der Waals surface area contributed by atoms with Crippen LogP contribution in [0.5, 0.6) is 0 Å². The minimum atomic E-state index is 0.631. The molecule has 17 heavy (non-hydrogen) atoms. The van der Waals surface area contributed by atoms with Gasteiger partial charge in [0, 0.05) is 18.3 Å². The van der Waals surface area contributed by atoms with E-state index in [9.17, 15) is 0 Å². The van der Waals surface area contributed by atoms with E-state index < -0.39 is 0 Å². The average molecular weight is 274 g/mol. The molecule has 1 aliphatic rings. The van der Waals surface area contributed by atoms with Gasteiger partial charge in [-0.1, -0.05) is 32.0 Å². The molecule has 0 aliphatic carbocycles. The van der Waals surface area contributed by atoms with Gasteiger partial charge in [-0.15, -0.1) is 0 Å². The Morgan fingerprint density at radius 1 is 1.41 bits per heavy atom. The molecule has 1 N–H and O–H groups in total. The second-order valence-corrected chi connectivity index (χ2v) is 6.94. The van der Waals surface area contributed by atoms with E-state index in [-0.39, 0.29) is 0 Å². The van der Waals surface area contributed by atoms with E-state index in [4.69, 9.17) is 0 Å². The lowest BCUT2D eigenvalue weighted by atomic mass is 10.0. The molecule has 0 bridgehead atoms. The summed E-state index contributed by atoms with van der Waals surface area (Å²) in [5.41, 5.74) is 0. The fraction of sp³-hybridized carbons (Fsp3) is 0.923. The summed E-state index contributed by atoms with van der Waals surface area (Å²) >= 11 is 3.83. The Labute approximate surface area is 115 Å². The van der Waals surface area contributed by atoms with E-state index in [0.29, 0.717) is 12.0 Å². The van der Waals surface area contributed by atoms with E-state index in [1.54, 1.807) is 0 Å². The highest BCUT2D eigenvalue weighted by Gasteiger charge is 2.19. The van der Waals surface area contributed by atoms with Gasteiger partial charge in [-0.2, -0.15) is 11.8 Å². The van der Waals surface area contributed by atoms with Gasteiger partial charge >= 0.3 is 0 Å². The van der Waals surface area contributed by atoms with Gasteiger partial charge in [-0.05, 0) is 37.2 Å². The number of rotatable bonds is 7. The zero-order valence-electron chi connectivity index (χ0n) is 11.4. The maximum Gasteiger partial charge on any atom is 0.156 e. The summed E-state index contributed by atoms with van der Waals surface area (Å²) in [6.45, 7) is 5.57. The molecule has 0 saturated carbocycles. The molecule has 1 unspecified atom stereocenters. The molecule has 1 aliphatic heterocycles. The topological polar surface area (TPSA) is 24.4 Å². The van der Waals surface area contributed by atoms with Crippen molar-refractivity contribution in [2.75, 3.05) is 24.3 Å². The first kappa shape index (κ1) is 15.2. The number of hydrogen-bond donors (Lipinski definition) is 1. The second-order valence-electron chi connectivity index (χ2n) is 4.87. The third-order valence-electron chi connectivity index (χ3n) is 3.04. The third kappa shape index (κ3) is 6.61. The highest BCUT2D eigenvalue weighted by Crippen LogP contribution is 2.18. The molecular formula is C13H26N2S2. The van der Waals surface area contributed by atoms with Crippen molar-refractivity contribution in [2.24, 2.45) is 10.9 Å². The number of amidine groups is 1. The van der Waals surface area contributed by atoms with Crippen molar-refractivity contribution >= 4 is 28.7 Å². The van der Waals surface area contributed by atoms with Crippen LogP contribution in [0.3, 0.4) is 0 Å². The highest BCUT2D eigenvalue weighted by molar-refractivity contribution is 8.13. The molecule has 0 aromatic carbocycles. The van der Waals surface area contributed by atoms with Gasteiger partial charge in [0.2, 0.25) is 0 Å². The monoisotopic (exact) mass is 274 g/mol. The number of thioether (sulfide) groups is 2. The van der Waals surface area contributed by atoms with E-state index >= 15 is 0 Å². The summed E-state index contributed by atoms with van der Waals surface area (Å²) in [6, 6.07) is 0.631. The normalized spacial score (nSPS) is 23.1. The summed E-state index contributed by atoms with van der Waals surface area (Å²) in [6.07, 6.45) is 7.33. The maximum atomic E-state index is 4.68. The average Bonchev–Trinajstić information content (AvgIpc) is 2.34. The van der Waals surface area contributed by atoms with Crippen molar-refractivity contribution in [2.45, 2.75) is 45.6 Å². The molecule has 1 rings (SSSR count). The minimum Gasteiger partial charge on any atom is -0.362 e. The molecule has 1 saturated heterocycles. The van der Waals surface area contributed by atoms with Gasteiger partial charge in [-0.3, -0.25) is 4.99 Å². The van der Waals surface area contributed by atoms with E-state index in [2.05, 4.69) is 30.4 Å². The van der Waals surface area contributed by atoms with Crippen molar-refractivity contribution in [3.63, 3.8) is 0 Å². The van der Waals surface area contributed by atoms with Crippen LogP contribution < -0.4 is 5.32 Å². The van der Waals surface area contributed by atoms with Crippen LogP contribution in [0.2, 0.25) is 0 Å². The molecule has 2 nitrogen and oxygen atoms in total. The van der Waals surface area contributed by atoms with Crippen molar-refractivity contribution < 1.29 is 0 Å². The molecule has 4 heteroatoms. The van der Waals surface area contributed by atoms with Crippen LogP contribution in [-0.4, -0.2) is 35.5 Å². The Morgan fingerprint density at radius 2 is 2.24 bits per heavy atom. The van der Waals surface area contributed by atoms with Gasteiger partial charge in [0.1, 0.15) is 0 Å². The lowest BCUT2D eigenvalue weighted by Crippen LogP contribution is -2.41. The Hall–Kier alpha value is 0.170. The predicted molar refractivity (Wildman–Crippen MR) is 83.4 cm³/mol. The molecule has 1 heterocycles. The summed E-state index contributed by atoms with van der Waals surface area (Å²) < 4.78 is 0.